The van der Waals surface area contributed by atoms with Crippen LogP contribution in [-0.4, -0.2) is 49.1 Å². The zero-order chi connectivity index (χ0) is 15.7. The van der Waals surface area contributed by atoms with Gasteiger partial charge in [-0.05, 0) is 18.1 Å². The maximum Gasteiger partial charge on any atom is 0.273 e. The van der Waals surface area contributed by atoms with Crippen molar-refractivity contribution in [3.63, 3.8) is 0 Å². The molecule has 0 atom stereocenters. The van der Waals surface area contributed by atoms with Crippen molar-refractivity contribution in [1.29, 1.82) is 0 Å². The summed E-state index contributed by atoms with van der Waals surface area (Å²) in [6.07, 6.45) is 1.60. The van der Waals surface area contributed by atoms with Gasteiger partial charge in [0.1, 0.15) is 5.69 Å². The van der Waals surface area contributed by atoms with Crippen LogP contribution < -0.4 is 5.73 Å². The number of carbonyl (C=O) groups is 1. The summed E-state index contributed by atoms with van der Waals surface area (Å²) in [5, 5.41) is 0. The fourth-order valence-corrected chi connectivity index (χ4v) is 1.89. The molecule has 0 saturated heterocycles. The molecular formula is C16H23N3O2. The number of pyridine rings is 1. The lowest BCUT2D eigenvalue weighted by molar-refractivity contribution is 0.0666. The summed E-state index contributed by atoms with van der Waals surface area (Å²) in [6.45, 7) is 6.08. The Morgan fingerprint density at radius 1 is 1.52 bits per heavy atom. The van der Waals surface area contributed by atoms with Gasteiger partial charge in [-0.25, -0.2) is 4.98 Å². The van der Waals surface area contributed by atoms with E-state index in [0.29, 0.717) is 36.9 Å². The number of aromatic nitrogens is 1. The molecule has 2 N–H and O–H groups in total. The molecule has 1 heterocycles. The number of nitrogens with zero attached hydrogens (tertiary/aromatic N) is 2. The first-order valence-corrected chi connectivity index (χ1v) is 7.02. The summed E-state index contributed by atoms with van der Waals surface area (Å²) in [4.78, 5) is 18.6. The molecule has 1 rings (SSSR count). The van der Waals surface area contributed by atoms with Gasteiger partial charge in [0.25, 0.3) is 5.91 Å². The van der Waals surface area contributed by atoms with Crippen LogP contribution in [-0.2, 0) is 4.74 Å². The molecule has 0 aliphatic rings. The summed E-state index contributed by atoms with van der Waals surface area (Å²) in [7, 11) is 1.62. The molecular weight excluding hydrogens is 266 g/mol. The highest BCUT2D eigenvalue weighted by Gasteiger charge is 2.20. The summed E-state index contributed by atoms with van der Waals surface area (Å²) in [6, 6.07) is 3.55. The van der Waals surface area contributed by atoms with Gasteiger partial charge in [-0.15, -0.1) is 0 Å². The van der Waals surface area contributed by atoms with Crippen molar-refractivity contribution in [1.82, 2.24) is 9.88 Å². The van der Waals surface area contributed by atoms with Gasteiger partial charge in [0, 0.05) is 26.4 Å². The standard InChI is InChI=1S/C16H23N3O2/c1-13(2)12-19(10-11-21-3)16(20)15-14(6-4-8-17)7-5-9-18-15/h5,7,9,13H,8,10-12,17H2,1-3H3. The molecule has 0 radical (unpaired) electrons. The van der Waals surface area contributed by atoms with Gasteiger partial charge < -0.3 is 15.4 Å². The second-order valence-corrected chi connectivity index (χ2v) is 5.04. The van der Waals surface area contributed by atoms with Crippen molar-refractivity contribution in [2.75, 3.05) is 33.4 Å². The van der Waals surface area contributed by atoms with Gasteiger partial charge >= 0.3 is 0 Å². The van der Waals surface area contributed by atoms with E-state index >= 15 is 0 Å². The van der Waals surface area contributed by atoms with E-state index in [2.05, 4.69) is 30.7 Å². The van der Waals surface area contributed by atoms with Crippen molar-refractivity contribution in [3.8, 4) is 11.8 Å². The van der Waals surface area contributed by atoms with Crippen LogP contribution in [0.1, 0.15) is 29.9 Å². The van der Waals surface area contributed by atoms with Crippen molar-refractivity contribution in [2.45, 2.75) is 13.8 Å². The first-order valence-electron chi connectivity index (χ1n) is 7.02. The van der Waals surface area contributed by atoms with E-state index in [0.717, 1.165) is 0 Å². The maximum atomic E-state index is 12.7. The third-order valence-corrected chi connectivity index (χ3v) is 2.77. The molecule has 1 aromatic heterocycles. The Morgan fingerprint density at radius 2 is 2.29 bits per heavy atom. The predicted octanol–water partition coefficient (Wildman–Crippen LogP) is 1.14. The van der Waals surface area contributed by atoms with E-state index in [-0.39, 0.29) is 12.5 Å². The molecule has 1 amide bonds. The van der Waals surface area contributed by atoms with Crippen molar-refractivity contribution in [2.24, 2.45) is 11.7 Å². The van der Waals surface area contributed by atoms with Gasteiger partial charge in [0.2, 0.25) is 0 Å². The molecule has 0 aliphatic carbocycles. The number of hydrogen-bond acceptors (Lipinski definition) is 4. The quantitative estimate of drug-likeness (QED) is 0.797. The third-order valence-electron chi connectivity index (χ3n) is 2.77. The van der Waals surface area contributed by atoms with Gasteiger partial charge in [-0.1, -0.05) is 25.7 Å². The van der Waals surface area contributed by atoms with Crippen molar-refractivity contribution in [3.05, 3.63) is 29.6 Å². The Balaban J connectivity index is 3.02. The van der Waals surface area contributed by atoms with Gasteiger partial charge in [-0.3, -0.25) is 4.79 Å². The first kappa shape index (κ1) is 17.2. The second kappa shape index (κ2) is 9.11. The molecule has 5 nitrogen and oxygen atoms in total. The number of ether oxygens (including phenoxy) is 1. The Bertz CT molecular complexity index is 518. The fourth-order valence-electron chi connectivity index (χ4n) is 1.89. The number of amides is 1. The Hall–Kier alpha value is -1.90. The molecule has 0 aliphatic heterocycles. The smallest absolute Gasteiger partial charge is 0.273 e. The molecule has 0 spiro atoms. The highest BCUT2D eigenvalue weighted by molar-refractivity contribution is 5.94. The average Bonchev–Trinajstić information content (AvgIpc) is 2.48. The second-order valence-electron chi connectivity index (χ2n) is 5.04. The summed E-state index contributed by atoms with van der Waals surface area (Å²) in [5.41, 5.74) is 6.37. The van der Waals surface area contributed by atoms with Gasteiger partial charge in [0.05, 0.1) is 18.7 Å². The van der Waals surface area contributed by atoms with E-state index in [4.69, 9.17) is 10.5 Å². The molecule has 0 bridgehead atoms. The van der Waals surface area contributed by atoms with Crippen LogP contribution in [0.25, 0.3) is 0 Å². The molecule has 0 aromatic carbocycles. The normalized spacial score (nSPS) is 10.1. The Kier molecular flexibility index (Phi) is 7.44. The SMILES string of the molecule is COCCN(CC(C)C)C(=O)c1ncccc1C#CCN. The molecule has 114 valence electrons. The molecule has 0 unspecified atom stereocenters. The topological polar surface area (TPSA) is 68.5 Å². The van der Waals surface area contributed by atoms with E-state index in [1.165, 1.54) is 0 Å². The maximum absolute atomic E-state index is 12.7. The summed E-state index contributed by atoms with van der Waals surface area (Å²) in [5.74, 6) is 5.91. The monoisotopic (exact) mass is 289 g/mol. The van der Waals surface area contributed by atoms with Crippen LogP contribution in [0.2, 0.25) is 0 Å². The molecule has 1 aromatic rings. The van der Waals surface area contributed by atoms with Crippen LogP contribution in [0.5, 0.6) is 0 Å². The predicted molar refractivity (Wildman–Crippen MR) is 82.8 cm³/mol. The summed E-state index contributed by atoms with van der Waals surface area (Å²) < 4.78 is 5.08. The molecule has 5 heteroatoms. The lowest BCUT2D eigenvalue weighted by Gasteiger charge is -2.24. The van der Waals surface area contributed by atoms with Crippen LogP contribution in [0.3, 0.4) is 0 Å². The van der Waals surface area contributed by atoms with Gasteiger partial charge in [-0.2, -0.15) is 0 Å². The molecule has 0 saturated carbocycles. The highest BCUT2D eigenvalue weighted by Crippen LogP contribution is 2.10. The van der Waals surface area contributed by atoms with E-state index < -0.39 is 0 Å². The van der Waals surface area contributed by atoms with E-state index in [1.807, 2.05) is 0 Å². The Labute approximate surface area is 126 Å². The largest absolute Gasteiger partial charge is 0.383 e. The van der Waals surface area contributed by atoms with Crippen LogP contribution in [0.15, 0.2) is 18.3 Å². The number of carbonyl (C=O) groups excluding carboxylic acids is 1. The highest BCUT2D eigenvalue weighted by atomic mass is 16.5. The zero-order valence-electron chi connectivity index (χ0n) is 12.9. The van der Waals surface area contributed by atoms with E-state index in [9.17, 15) is 4.79 Å². The minimum atomic E-state index is -0.123. The lowest BCUT2D eigenvalue weighted by Crippen LogP contribution is -2.37. The fraction of sp³-hybridized carbons (Fsp3) is 0.500. The summed E-state index contributed by atoms with van der Waals surface area (Å²) >= 11 is 0. The van der Waals surface area contributed by atoms with Crippen LogP contribution in [0, 0.1) is 17.8 Å². The van der Waals surface area contributed by atoms with Crippen LogP contribution in [0.4, 0.5) is 0 Å². The third kappa shape index (κ3) is 5.54. The Morgan fingerprint density at radius 3 is 2.90 bits per heavy atom. The minimum absolute atomic E-state index is 0.123. The van der Waals surface area contributed by atoms with Gasteiger partial charge in [0.15, 0.2) is 0 Å². The number of nitrogens with two attached hydrogens (primary N) is 1. The zero-order valence-corrected chi connectivity index (χ0v) is 12.9. The number of rotatable bonds is 6. The first-order chi connectivity index (χ1) is 10.1. The average molecular weight is 289 g/mol. The molecule has 21 heavy (non-hydrogen) atoms. The molecule has 0 fully saturated rings. The number of methoxy groups -OCH3 is 1. The van der Waals surface area contributed by atoms with Crippen molar-refractivity contribution < 1.29 is 9.53 Å². The minimum Gasteiger partial charge on any atom is -0.383 e. The van der Waals surface area contributed by atoms with Crippen LogP contribution >= 0.6 is 0 Å². The van der Waals surface area contributed by atoms with E-state index in [1.54, 1.807) is 30.3 Å². The lowest BCUT2D eigenvalue weighted by atomic mass is 10.1. The van der Waals surface area contributed by atoms with Crippen molar-refractivity contribution >= 4 is 5.91 Å². The number of hydrogen-bond donors (Lipinski definition) is 1.